The van der Waals surface area contributed by atoms with Crippen LogP contribution in [-0.2, 0) is 17.5 Å². The number of hydrogen-bond acceptors (Lipinski definition) is 6. The zero-order chi connectivity index (χ0) is 32.0. The van der Waals surface area contributed by atoms with Crippen LogP contribution in [0.1, 0.15) is 44.7 Å². The minimum Gasteiger partial charge on any atom is -0.447 e. The highest BCUT2D eigenvalue weighted by Gasteiger charge is 2.35. The third kappa shape index (κ3) is 7.61. The van der Waals surface area contributed by atoms with Gasteiger partial charge >= 0.3 is 18.3 Å². The van der Waals surface area contributed by atoms with Gasteiger partial charge in [-0.2, -0.15) is 13.2 Å². The Kier molecular flexibility index (Phi) is 10.0. The number of nitrogens with zero attached hydrogens (tertiary/aromatic N) is 3. The Morgan fingerprint density at radius 1 is 1.05 bits per heavy atom. The molecule has 2 N–H and O–H groups in total. The van der Waals surface area contributed by atoms with Crippen LogP contribution in [0, 0.1) is 5.82 Å². The molecule has 10 nitrogen and oxygen atoms in total. The zero-order valence-electron chi connectivity index (χ0n) is 23.2. The van der Waals surface area contributed by atoms with Crippen molar-refractivity contribution in [1.29, 1.82) is 0 Å². The number of amides is 5. The van der Waals surface area contributed by atoms with Gasteiger partial charge in [0.2, 0.25) is 0 Å². The molecule has 1 unspecified atom stereocenters. The smallest absolute Gasteiger partial charge is 0.417 e. The first-order valence-electron chi connectivity index (χ1n) is 13.2. The number of nitrogens with one attached hydrogen (secondary N) is 2. The fourth-order valence-corrected chi connectivity index (χ4v) is 4.60. The molecule has 2 aromatic carbocycles. The van der Waals surface area contributed by atoms with Crippen LogP contribution < -0.4 is 10.6 Å². The molecule has 3 aromatic rings. The van der Waals surface area contributed by atoms with Crippen LogP contribution >= 0.6 is 11.6 Å². The lowest BCUT2D eigenvalue weighted by Crippen LogP contribution is -2.46. The van der Waals surface area contributed by atoms with E-state index < -0.39 is 47.5 Å². The number of benzene rings is 2. The molecule has 1 aliphatic rings. The van der Waals surface area contributed by atoms with Crippen molar-refractivity contribution in [3.05, 3.63) is 93.9 Å². The molecule has 5 amide bonds. The van der Waals surface area contributed by atoms with Crippen molar-refractivity contribution in [2.24, 2.45) is 0 Å². The Balaban J connectivity index is 1.39. The normalized spacial score (nSPS) is 13.4. The third-order valence-electron chi connectivity index (χ3n) is 6.85. The highest BCUT2D eigenvalue weighted by Crippen LogP contribution is 2.29. The predicted octanol–water partition coefficient (Wildman–Crippen LogP) is 5.73. The lowest BCUT2D eigenvalue weighted by Gasteiger charge is -2.28. The number of carbonyl (C=O) groups excluding carboxylic acids is 4. The number of likely N-dealkylation sites (N-methyl/N-ethyl adjacent to an activating group) is 1. The molecular formula is C29H26ClF4N5O5. The standard InChI is InChI=1S/C29H26ClF4N5O5/c1-38(27(42)36-14-17-6-4-10-22(31)24(17)30)19(7-5-13-39-25(40)20-8-2-3-9-21(20)26(39)41)16-44-28(43)37-23-12-11-18(15-35-23)29(32,33)34/h2-4,6,8-12,15,19H,5,7,13-14,16H2,1H3,(H,36,42)(H,35,37,43). The van der Waals surface area contributed by atoms with Crippen molar-refractivity contribution in [1.82, 2.24) is 20.1 Å². The minimum atomic E-state index is -4.60. The van der Waals surface area contributed by atoms with E-state index in [1.54, 1.807) is 24.3 Å². The maximum absolute atomic E-state index is 13.8. The van der Waals surface area contributed by atoms with Gasteiger partial charge in [-0.3, -0.25) is 19.8 Å². The fourth-order valence-electron chi connectivity index (χ4n) is 4.41. The molecule has 1 aliphatic heterocycles. The molecule has 0 fully saturated rings. The largest absolute Gasteiger partial charge is 0.447 e. The van der Waals surface area contributed by atoms with Crippen molar-refractivity contribution in [2.45, 2.75) is 31.6 Å². The van der Waals surface area contributed by atoms with Gasteiger partial charge in [0.15, 0.2) is 0 Å². The number of ether oxygens (including phenoxy) is 1. The summed E-state index contributed by atoms with van der Waals surface area (Å²) < 4.78 is 57.4. The summed E-state index contributed by atoms with van der Waals surface area (Å²) in [6.45, 7) is -0.444. The molecule has 0 radical (unpaired) electrons. The molecule has 0 aliphatic carbocycles. The number of urea groups is 1. The second-order valence-electron chi connectivity index (χ2n) is 9.74. The van der Waals surface area contributed by atoms with E-state index in [0.29, 0.717) is 22.9 Å². The summed E-state index contributed by atoms with van der Waals surface area (Å²) in [4.78, 5) is 56.7. The summed E-state index contributed by atoms with van der Waals surface area (Å²) in [6, 6.07) is 10.9. The van der Waals surface area contributed by atoms with Crippen molar-refractivity contribution in [3.8, 4) is 0 Å². The number of fused-ring (bicyclic) bond motifs is 1. The summed E-state index contributed by atoms with van der Waals surface area (Å²) in [5.41, 5.74) is -0.0890. The van der Waals surface area contributed by atoms with Gasteiger partial charge in [-0.05, 0) is 48.7 Å². The summed E-state index contributed by atoms with van der Waals surface area (Å²) in [7, 11) is 1.42. The van der Waals surface area contributed by atoms with Crippen molar-refractivity contribution < 1.29 is 41.5 Å². The second kappa shape index (κ2) is 13.7. The number of pyridine rings is 1. The number of carbonyl (C=O) groups is 4. The van der Waals surface area contributed by atoms with Gasteiger partial charge in [0.25, 0.3) is 11.8 Å². The van der Waals surface area contributed by atoms with Crippen molar-refractivity contribution in [3.63, 3.8) is 0 Å². The average molecular weight is 636 g/mol. The lowest BCUT2D eigenvalue weighted by molar-refractivity contribution is -0.137. The Labute approximate surface area is 253 Å². The Bertz CT molecular complexity index is 1520. The van der Waals surface area contributed by atoms with E-state index in [9.17, 15) is 36.7 Å². The quantitative estimate of drug-likeness (QED) is 0.217. The van der Waals surface area contributed by atoms with Gasteiger partial charge in [0.05, 0.1) is 27.8 Å². The fraction of sp³-hybridized carbons (Fsp3) is 0.276. The summed E-state index contributed by atoms with van der Waals surface area (Å²) in [5, 5.41) is 4.68. The van der Waals surface area contributed by atoms with E-state index >= 15 is 0 Å². The van der Waals surface area contributed by atoms with E-state index in [-0.39, 0.29) is 43.4 Å². The number of rotatable bonds is 10. The van der Waals surface area contributed by atoms with Crippen LogP contribution in [-0.4, -0.2) is 65.0 Å². The third-order valence-corrected chi connectivity index (χ3v) is 7.28. The van der Waals surface area contributed by atoms with E-state index in [2.05, 4.69) is 15.6 Å². The highest BCUT2D eigenvalue weighted by atomic mass is 35.5. The van der Waals surface area contributed by atoms with Gasteiger partial charge in [0, 0.05) is 26.3 Å². The van der Waals surface area contributed by atoms with E-state index in [1.165, 1.54) is 30.1 Å². The molecule has 0 spiro atoms. The Hall–Kier alpha value is -4.72. The van der Waals surface area contributed by atoms with E-state index in [0.717, 1.165) is 17.0 Å². The molecule has 1 atom stereocenters. The Morgan fingerprint density at radius 2 is 1.73 bits per heavy atom. The maximum atomic E-state index is 13.8. The van der Waals surface area contributed by atoms with E-state index in [4.69, 9.17) is 16.3 Å². The molecule has 2 heterocycles. The molecule has 1 aromatic heterocycles. The number of aromatic nitrogens is 1. The number of halogens is 5. The van der Waals surface area contributed by atoms with E-state index in [1.807, 2.05) is 0 Å². The molecule has 0 saturated heterocycles. The van der Waals surface area contributed by atoms with Crippen molar-refractivity contribution in [2.75, 3.05) is 25.5 Å². The van der Waals surface area contributed by atoms with Gasteiger partial charge in [-0.1, -0.05) is 35.9 Å². The molecule has 232 valence electrons. The topological polar surface area (TPSA) is 121 Å². The predicted molar refractivity (Wildman–Crippen MR) is 150 cm³/mol. The molecular weight excluding hydrogens is 610 g/mol. The van der Waals surface area contributed by atoms with Crippen LogP contribution in [0.4, 0.5) is 33.0 Å². The zero-order valence-corrected chi connectivity index (χ0v) is 23.9. The highest BCUT2D eigenvalue weighted by molar-refractivity contribution is 6.31. The second-order valence-corrected chi connectivity index (χ2v) is 10.1. The molecule has 4 rings (SSSR count). The Morgan fingerprint density at radius 3 is 2.34 bits per heavy atom. The molecule has 44 heavy (non-hydrogen) atoms. The monoisotopic (exact) mass is 635 g/mol. The van der Waals surface area contributed by atoms with Crippen molar-refractivity contribution >= 4 is 41.4 Å². The van der Waals surface area contributed by atoms with Crippen LogP contribution in [0.3, 0.4) is 0 Å². The summed E-state index contributed by atoms with van der Waals surface area (Å²) >= 11 is 5.96. The first-order valence-corrected chi connectivity index (χ1v) is 13.6. The summed E-state index contributed by atoms with van der Waals surface area (Å²) in [5.74, 6) is -1.73. The first kappa shape index (κ1) is 32.2. The lowest BCUT2D eigenvalue weighted by atomic mass is 10.1. The van der Waals surface area contributed by atoms with Gasteiger partial charge in [0.1, 0.15) is 18.2 Å². The number of alkyl halides is 3. The van der Waals surface area contributed by atoms with Gasteiger partial charge in [-0.25, -0.2) is 19.0 Å². The number of hydrogen-bond donors (Lipinski definition) is 2. The maximum Gasteiger partial charge on any atom is 0.417 e. The molecule has 15 heteroatoms. The molecule has 0 saturated carbocycles. The summed E-state index contributed by atoms with van der Waals surface area (Å²) in [6.07, 6.45) is -4.68. The van der Waals surface area contributed by atoms with Crippen LogP contribution in [0.5, 0.6) is 0 Å². The molecule has 0 bridgehead atoms. The first-order chi connectivity index (χ1) is 20.9. The number of anilines is 1. The van der Waals surface area contributed by atoms with Crippen LogP contribution in [0.15, 0.2) is 60.8 Å². The average Bonchev–Trinajstić information content (AvgIpc) is 3.23. The van der Waals surface area contributed by atoms with Crippen LogP contribution in [0.2, 0.25) is 5.02 Å². The van der Waals surface area contributed by atoms with Crippen LogP contribution in [0.25, 0.3) is 0 Å². The minimum absolute atomic E-state index is 0.0267. The number of imide groups is 1. The SMILES string of the molecule is CN(C(=O)NCc1cccc(F)c1Cl)C(CCCN1C(=O)c2ccccc2C1=O)COC(=O)Nc1ccc(C(F)(F)F)cn1. The van der Waals surface area contributed by atoms with Gasteiger partial charge in [-0.15, -0.1) is 0 Å². The van der Waals surface area contributed by atoms with Gasteiger partial charge < -0.3 is 15.0 Å².